The Kier molecular flexibility index (Phi) is 5.63. The number of nitrogens with zero attached hydrogens (tertiary/aromatic N) is 3. The highest BCUT2D eigenvalue weighted by molar-refractivity contribution is 7.92. The van der Waals surface area contributed by atoms with Gasteiger partial charge in [-0.25, -0.2) is 29.9 Å². The predicted molar refractivity (Wildman–Crippen MR) is 114 cm³/mol. The molecule has 0 atom stereocenters. The Morgan fingerprint density at radius 2 is 1.77 bits per heavy atom. The van der Waals surface area contributed by atoms with Crippen molar-refractivity contribution in [2.75, 3.05) is 23.9 Å². The molecule has 2 aromatic heterocycles. The fraction of sp³-hybridized carbons (Fsp3) is 0.211. The van der Waals surface area contributed by atoms with Crippen molar-refractivity contribution in [1.82, 2.24) is 8.96 Å². The van der Waals surface area contributed by atoms with Crippen LogP contribution in [-0.2, 0) is 24.8 Å². The maximum Gasteiger partial charge on any atom is 0.340 e. The van der Waals surface area contributed by atoms with E-state index in [0.717, 1.165) is 23.6 Å². The van der Waals surface area contributed by atoms with Crippen LogP contribution in [0.15, 0.2) is 42.7 Å². The van der Waals surface area contributed by atoms with Gasteiger partial charge in [-0.05, 0) is 37.3 Å². The van der Waals surface area contributed by atoms with E-state index in [4.69, 9.17) is 4.74 Å². The quantitative estimate of drug-likeness (QED) is 0.518. The second-order valence-electron chi connectivity index (χ2n) is 6.76. The number of fused-ring (bicyclic) bond motifs is 1. The molecular weight excluding hydrogens is 446 g/mol. The predicted octanol–water partition coefficient (Wildman–Crippen LogP) is 1.55. The lowest BCUT2D eigenvalue weighted by atomic mass is 10.1. The van der Waals surface area contributed by atoms with Gasteiger partial charge in [-0.1, -0.05) is 0 Å². The van der Waals surface area contributed by atoms with E-state index in [0.29, 0.717) is 4.31 Å². The van der Waals surface area contributed by atoms with Crippen molar-refractivity contribution in [3.63, 3.8) is 0 Å². The Balaban J connectivity index is 2.34. The molecule has 0 aliphatic rings. The lowest BCUT2D eigenvalue weighted by Gasteiger charge is -2.20. The van der Waals surface area contributed by atoms with Crippen molar-refractivity contribution in [2.45, 2.75) is 6.92 Å². The minimum absolute atomic E-state index is 0.0334. The zero-order chi connectivity index (χ0) is 23.1. The Labute approximate surface area is 179 Å². The molecule has 0 fully saturated rings. The van der Waals surface area contributed by atoms with Gasteiger partial charge in [0.15, 0.2) is 0 Å². The smallest absolute Gasteiger partial charge is 0.340 e. The van der Waals surface area contributed by atoms with Gasteiger partial charge in [0.05, 0.1) is 42.0 Å². The third-order valence-electron chi connectivity index (χ3n) is 4.51. The second-order valence-corrected chi connectivity index (χ2v) is 10.4. The molecule has 0 saturated carbocycles. The first kappa shape index (κ1) is 22.4. The van der Waals surface area contributed by atoms with Gasteiger partial charge in [0.1, 0.15) is 0 Å². The van der Waals surface area contributed by atoms with E-state index in [-0.39, 0.29) is 33.4 Å². The number of anilines is 1. The van der Waals surface area contributed by atoms with Crippen LogP contribution >= 0.6 is 0 Å². The third-order valence-corrected chi connectivity index (χ3v) is 6.69. The van der Waals surface area contributed by atoms with Gasteiger partial charge in [0, 0.05) is 23.5 Å². The molecule has 0 bridgehead atoms. The molecule has 3 aromatic rings. The van der Waals surface area contributed by atoms with Crippen molar-refractivity contribution in [2.24, 2.45) is 0 Å². The van der Waals surface area contributed by atoms with Crippen LogP contribution in [0, 0.1) is 6.92 Å². The van der Waals surface area contributed by atoms with Crippen LogP contribution in [0.25, 0.3) is 10.9 Å². The maximum atomic E-state index is 12.9. The number of carbonyl (C=O) groups is 2. The average molecular weight is 466 g/mol. The Hall–Kier alpha value is -3.25. The summed E-state index contributed by atoms with van der Waals surface area (Å²) in [7, 11) is -6.75. The van der Waals surface area contributed by atoms with E-state index < -0.39 is 31.9 Å². The summed E-state index contributed by atoms with van der Waals surface area (Å²) in [5.41, 5.74) is 0.162. The number of aromatic nitrogens is 2. The first-order chi connectivity index (χ1) is 14.4. The summed E-state index contributed by atoms with van der Waals surface area (Å²) < 4.78 is 55.9. The molecule has 2 heterocycles. The molecule has 31 heavy (non-hydrogen) atoms. The van der Waals surface area contributed by atoms with Gasteiger partial charge in [0.2, 0.25) is 20.0 Å². The minimum Gasteiger partial charge on any atom is -0.465 e. The fourth-order valence-corrected chi connectivity index (χ4v) is 5.37. The molecule has 0 spiro atoms. The molecule has 0 radical (unpaired) electrons. The fourth-order valence-electron chi connectivity index (χ4n) is 3.36. The molecular formula is C19H19N3O7S2. The number of amides is 1. The highest BCUT2D eigenvalue weighted by Crippen LogP contribution is 2.32. The third kappa shape index (κ3) is 4.03. The monoisotopic (exact) mass is 465 g/mol. The second kappa shape index (κ2) is 7.78. The zero-order valence-electron chi connectivity index (χ0n) is 17.1. The molecule has 0 N–H and O–H groups in total. The van der Waals surface area contributed by atoms with Gasteiger partial charge in [-0.15, -0.1) is 0 Å². The van der Waals surface area contributed by atoms with E-state index in [1.54, 1.807) is 0 Å². The van der Waals surface area contributed by atoms with Crippen LogP contribution in [-0.4, -0.2) is 57.3 Å². The van der Waals surface area contributed by atoms with E-state index in [1.807, 2.05) is 0 Å². The first-order valence-electron chi connectivity index (χ1n) is 8.76. The lowest BCUT2D eigenvalue weighted by Crippen LogP contribution is -2.36. The summed E-state index contributed by atoms with van der Waals surface area (Å²) in [6.45, 7) is 1.43. The number of rotatable bonds is 5. The number of hydrogen-bond acceptors (Lipinski definition) is 8. The molecule has 12 heteroatoms. The summed E-state index contributed by atoms with van der Waals surface area (Å²) in [4.78, 5) is 29.2. The molecule has 10 nitrogen and oxygen atoms in total. The van der Waals surface area contributed by atoms with Crippen molar-refractivity contribution < 1.29 is 31.2 Å². The molecule has 0 aliphatic heterocycles. The molecule has 1 aromatic carbocycles. The summed E-state index contributed by atoms with van der Waals surface area (Å²) in [5.74, 6) is -1.65. The summed E-state index contributed by atoms with van der Waals surface area (Å²) >= 11 is 0. The Morgan fingerprint density at radius 3 is 2.29 bits per heavy atom. The highest BCUT2D eigenvalue weighted by atomic mass is 32.2. The van der Waals surface area contributed by atoms with Crippen molar-refractivity contribution in [3.05, 3.63) is 59.5 Å². The first-order valence-corrected chi connectivity index (χ1v) is 12.5. The lowest BCUT2D eigenvalue weighted by molar-refractivity contribution is 0.0602. The van der Waals surface area contributed by atoms with Gasteiger partial charge in [-0.3, -0.25) is 9.78 Å². The van der Waals surface area contributed by atoms with Crippen LogP contribution in [0.3, 0.4) is 0 Å². The molecule has 0 unspecified atom stereocenters. The topological polar surface area (TPSA) is 133 Å². The van der Waals surface area contributed by atoms with Gasteiger partial charge >= 0.3 is 5.97 Å². The van der Waals surface area contributed by atoms with Gasteiger partial charge < -0.3 is 4.74 Å². The highest BCUT2D eigenvalue weighted by Gasteiger charge is 2.30. The van der Waals surface area contributed by atoms with E-state index >= 15 is 0 Å². The molecule has 3 rings (SSSR count). The number of esters is 1. The van der Waals surface area contributed by atoms with Crippen LogP contribution < -0.4 is 4.31 Å². The number of sulfonamides is 1. The Bertz CT molecular complexity index is 1410. The van der Waals surface area contributed by atoms with Gasteiger partial charge in [0.25, 0.3) is 5.91 Å². The van der Waals surface area contributed by atoms with Crippen LogP contribution in [0.2, 0.25) is 0 Å². The van der Waals surface area contributed by atoms with Gasteiger partial charge in [-0.2, -0.15) is 0 Å². The maximum absolute atomic E-state index is 12.9. The number of methoxy groups -OCH3 is 1. The molecule has 0 aliphatic carbocycles. The van der Waals surface area contributed by atoms with E-state index in [2.05, 4.69) is 4.98 Å². The zero-order valence-corrected chi connectivity index (χ0v) is 18.7. The van der Waals surface area contributed by atoms with E-state index in [1.165, 1.54) is 49.6 Å². The molecule has 0 saturated heterocycles. The van der Waals surface area contributed by atoms with E-state index in [9.17, 15) is 26.4 Å². The minimum atomic E-state index is -4.09. The number of pyridine rings is 1. The number of carbonyl (C=O) groups excluding carboxylic acids is 2. The standard InChI is InChI=1S/C19H19N3O7S2/c1-12-17(19(24)29-2)15-10-14(7-8-16(15)21(12)30(3,25)26)22(31(4,27)28)18(23)13-6-5-9-20-11-13/h5-11H,1-4H3. The van der Waals surface area contributed by atoms with Crippen molar-refractivity contribution >= 4 is 48.5 Å². The molecule has 1 amide bonds. The summed E-state index contributed by atoms with van der Waals surface area (Å²) in [5, 5.41) is 0.125. The normalized spacial score (nSPS) is 12.0. The SMILES string of the molecule is COC(=O)c1c(C)n(S(C)(=O)=O)c2ccc(N(C(=O)c3cccnc3)S(C)(=O)=O)cc12. The van der Waals surface area contributed by atoms with Crippen LogP contribution in [0.4, 0.5) is 5.69 Å². The largest absolute Gasteiger partial charge is 0.465 e. The summed E-state index contributed by atoms with van der Waals surface area (Å²) in [6.07, 6.45) is 4.50. The Morgan fingerprint density at radius 1 is 1.10 bits per heavy atom. The summed E-state index contributed by atoms with van der Waals surface area (Å²) in [6, 6.07) is 6.79. The number of hydrogen-bond donors (Lipinski definition) is 0. The average Bonchev–Trinajstić information content (AvgIpc) is 2.98. The van der Waals surface area contributed by atoms with Crippen molar-refractivity contribution in [3.8, 4) is 0 Å². The van der Waals surface area contributed by atoms with Crippen LogP contribution in [0.5, 0.6) is 0 Å². The van der Waals surface area contributed by atoms with Crippen LogP contribution in [0.1, 0.15) is 26.4 Å². The number of ether oxygens (including phenoxy) is 1. The molecule has 164 valence electrons. The van der Waals surface area contributed by atoms with Crippen molar-refractivity contribution in [1.29, 1.82) is 0 Å². The number of benzene rings is 1.